The minimum Gasteiger partial charge on any atom is -0.397 e. The summed E-state index contributed by atoms with van der Waals surface area (Å²) >= 11 is 0. The molecule has 0 spiro atoms. The smallest absolute Gasteiger partial charge is 0.159 e. The van der Waals surface area contributed by atoms with Crippen LogP contribution in [0.4, 0.5) is 20.3 Å². The summed E-state index contributed by atoms with van der Waals surface area (Å²) in [6.45, 7) is 2.26. The highest BCUT2D eigenvalue weighted by Gasteiger charge is 2.08. The maximum atomic E-state index is 13.1. The van der Waals surface area contributed by atoms with Crippen LogP contribution in [0.15, 0.2) is 30.3 Å². The van der Waals surface area contributed by atoms with Gasteiger partial charge in [0.25, 0.3) is 0 Å². The van der Waals surface area contributed by atoms with E-state index in [9.17, 15) is 8.78 Å². The van der Waals surface area contributed by atoms with E-state index in [0.717, 1.165) is 17.6 Å². The molecule has 19 heavy (non-hydrogen) atoms. The van der Waals surface area contributed by atoms with E-state index in [0.29, 0.717) is 17.8 Å². The van der Waals surface area contributed by atoms with Gasteiger partial charge in [-0.05, 0) is 36.8 Å². The van der Waals surface area contributed by atoms with Gasteiger partial charge in [0.2, 0.25) is 0 Å². The molecule has 2 aromatic rings. The molecule has 0 amide bonds. The van der Waals surface area contributed by atoms with Crippen LogP contribution in [0.3, 0.4) is 0 Å². The summed E-state index contributed by atoms with van der Waals surface area (Å²) in [7, 11) is 1.83. The van der Waals surface area contributed by atoms with E-state index >= 15 is 0 Å². The number of hydrogen-bond donors (Lipinski definition) is 1. The number of nitrogen functional groups attached to an aromatic ring is 1. The summed E-state index contributed by atoms with van der Waals surface area (Å²) in [5.41, 5.74) is 7.76. The second-order valence-electron chi connectivity index (χ2n) is 4.45. The predicted molar refractivity (Wildman–Crippen MR) is 71.9 cm³/mol. The maximum absolute atomic E-state index is 13.1. The van der Waals surface area contributed by atoms with Gasteiger partial charge >= 0.3 is 0 Å². The van der Waals surface area contributed by atoms with E-state index < -0.39 is 11.6 Å². The van der Waals surface area contributed by atoms with E-state index in [1.54, 1.807) is 18.2 Å². The molecule has 1 aromatic carbocycles. The molecular weight excluding hydrogens is 248 g/mol. The second kappa shape index (κ2) is 5.22. The Morgan fingerprint density at radius 2 is 1.89 bits per heavy atom. The summed E-state index contributed by atoms with van der Waals surface area (Å²) in [4.78, 5) is 6.19. The molecule has 0 bridgehead atoms. The lowest BCUT2D eigenvalue weighted by Gasteiger charge is -2.19. The van der Waals surface area contributed by atoms with E-state index in [4.69, 9.17) is 5.73 Å². The molecule has 1 heterocycles. The number of benzene rings is 1. The summed E-state index contributed by atoms with van der Waals surface area (Å²) < 4.78 is 26.0. The monoisotopic (exact) mass is 263 g/mol. The molecule has 0 aliphatic heterocycles. The highest BCUT2D eigenvalue weighted by Crippen LogP contribution is 2.18. The van der Waals surface area contributed by atoms with Gasteiger partial charge in [0, 0.05) is 13.6 Å². The fraction of sp³-hybridized carbons (Fsp3) is 0.214. The lowest BCUT2D eigenvalue weighted by Crippen LogP contribution is -2.18. The third-order valence-electron chi connectivity index (χ3n) is 2.91. The van der Waals surface area contributed by atoms with Crippen LogP contribution in [0.1, 0.15) is 11.3 Å². The molecule has 0 saturated heterocycles. The zero-order valence-electron chi connectivity index (χ0n) is 10.8. The quantitative estimate of drug-likeness (QED) is 0.925. The number of hydrogen-bond acceptors (Lipinski definition) is 3. The minimum atomic E-state index is -0.840. The average Bonchev–Trinajstić information content (AvgIpc) is 2.37. The van der Waals surface area contributed by atoms with Crippen molar-refractivity contribution in [3.63, 3.8) is 0 Å². The highest BCUT2D eigenvalue weighted by atomic mass is 19.2. The Morgan fingerprint density at radius 1 is 1.16 bits per heavy atom. The topological polar surface area (TPSA) is 42.2 Å². The number of anilines is 2. The molecule has 0 atom stereocenters. The van der Waals surface area contributed by atoms with Crippen LogP contribution >= 0.6 is 0 Å². The number of nitrogens with two attached hydrogens (primary N) is 1. The Labute approximate surface area is 110 Å². The number of aryl methyl sites for hydroxylation is 1. The molecule has 2 N–H and O–H groups in total. The van der Waals surface area contributed by atoms with Crippen molar-refractivity contribution in [1.82, 2.24) is 4.98 Å². The largest absolute Gasteiger partial charge is 0.397 e. The average molecular weight is 263 g/mol. The van der Waals surface area contributed by atoms with Crippen LogP contribution in [0.25, 0.3) is 0 Å². The lowest BCUT2D eigenvalue weighted by molar-refractivity contribution is 0.507. The molecule has 1 aromatic heterocycles. The Bertz CT molecular complexity index is 599. The molecule has 0 aliphatic rings. The third-order valence-corrected chi connectivity index (χ3v) is 2.91. The Hall–Kier alpha value is -2.17. The van der Waals surface area contributed by atoms with Gasteiger partial charge < -0.3 is 10.6 Å². The molecular formula is C14H15F2N3. The molecule has 0 aliphatic carbocycles. The van der Waals surface area contributed by atoms with Gasteiger partial charge in [-0.3, -0.25) is 0 Å². The summed E-state index contributed by atoms with van der Waals surface area (Å²) in [6.07, 6.45) is 0. The van der Waals surface area contributed by atoms with Crippen molar-refractivity contribution in [1.29, 1.82) is 0 Å². The summed E-state index contributed by atoms with van der Waals surface area (Å²) in [5.74, 6) is -0.948. The molecule has 0 radical (unpaired) electrons. The van der Waals surface area contributed by atoms with Gasteiger partial charge in [-0.15, -0.1) is 0 Å². The van der Waals surface area contributed by atoms with Gasteiger partial charge in [-0.1, -0.05) is 6.07 Å². The Morgan fingerprint density at radius 3 is 2.53 bits per heavy atom. The predicted octanol–water partition coefficient (Wildman–Crippen LogP) is 2.89. The first-order valence-corrected chi connectivity index (χ1v) is 5.85. The van der Waals surface area contributed by atoms with E-state index in [1.165, 1.54) is 6.07 Å². The normalized spacial score (nSPS) is 10.5. The lowest BCUT2D eigenvalue weighted by atomic mass is 10.2. The second-order valence-corrected chi connectivity index (χ2v) is 4.45. The number of pyridine rings is 1. The molecule has 0 unspecified atom stereocenters. The van der Waals surface area contributed by atoms with Crippen LogP contribution in [0.5, 0.6) is 0 Å². The summed E-state index contributed by atoms with van der Waals surface area (Å²) in [5, 5.41) is 0. The first-order chi connectivity index (χ1) is 8.97. The first-order valence-electron chi connectivity index (χ1n) is 5.85. The van der Waals surface area contributed by atoms with Crippen molar-refractivity contribution in [2.75, 3.05) is 17.7 Å². The minimum absolute atomic E-state index is 0.438. The van der Waals surface area contributed by atoms with Crippen molar-refractivity contribution in [3.8, 4) is 0 Å². The van der Waals surface area contributed by atoms with E-state index in [1.807, 2.05) is 18.9 Å². The SMILES string of the molecule is Cc1nc(N(C)Cc2ccc(F)c(F)c2)ccc1N. The number of rotatable bonds is 3. The Kier molecular flexibility index (Phi) is 3.64. The number of aromatic nitrogens is 1. The van der Waals surface area contributed by atoms with Crippen molar-refractivity contribution in [2.45, 2.75) is 13.5 Å². The standard InChI is InChI=1S/C14H15F2N3/c1-9-13(17)5-6-14(18-9)19(2)8-10-3-4-11(15)12(16)7-10/h3-7H,8,17H2,1-2H3. The third kappa shape index (κ3) is 2.99. The van der Waals surface area contributed by atoms with Gasteiger partial charge in [-0.2, -0.15) is 0 Å². The van der Waals surface area contributed by atoms with Gasteiger partial charge in [-0.25, -0.2) is 13.8 Å². The molecule has 3 nitrogen and oxygen atoms in total. The zero-order valence-corrected chi connectivity index (χ0v) is 10.8. The van der Waals surface area contributed by atoms with Crippen molar-refractivity contribution < 1.29 is 8.78 Å². The summed E-state index contributed by atoms with van der Waals surface area (Å²) in [6, 6.07) is 7.44. The Balaban J connectivity index is 2.17. The van der Waals surface area contributed by atoms with Crippen molar-refractivity contribution >= 4 is 11.5 Å². The van der Waals surface area contributed by atoms with Crippen LogP contribution in [-0.2, 0) is 6.54 Å². The van der Waals surface area contributed by atoms with Crippen LogP contribution in [-0.4, -0.2) is 12.0 Å². The van der Waals surface area contributed by atoms with Gasteiger partial charge in [0.15, 0.2) is 11.6 Å². The van der Waals surface area contributed by atoms with Crippen molar-refractivity contribution in [3.05, 3.63) is 53.2 Å². The first kappa shape index (κ1) is 13.3. The van der Waals surface area contributed by atoms with E-state index in [-0.39, 0.29) is 0 Å². The number of halogens is 2. The van der Waals surface area contributed by atoms with Gasteiger partial charge in [0.05, 0.1) is 11.4 Å². The highest BCUT2D eigenvalue weighted by molar-refractivity contribution is 5.50. The van der Waals surface area contributed by atoms with Crippen LogP contribution in [0, 0.1) is 18.6 Å². The fourth-order valence-corrected chi connectivity index (χ4v) is 1.76. The molecule has 2 rings (SSSR count). The molecule has 0 fully saturated rings. The fourth-order valence-electron chi connectivity index (χ4n) is 1.76. The van der Waals surface area contributed by atoms with Crippen LogP contribution < -0.4 is 10.6 Å². The van der Waals surface area contributed by atoms with Crippen molar-refractivity contribution in [2.24, 2.45) is 0 Å². The molecule has 0 saturated carbocycles. The zero-order chi connectivity index (χ0) is 14.0. The van der Waals surface area contributed by atoms with E-state index in [2.05, 4.69) is 4.98 Å². The number of nitrogens with zero attached hydrogens (tertiary/aromatic N) is 2. The molecule has 100 valence electrons. The maximum Gasteiger partial charge on any atom is 0.159 e. The van der Waals surface area contributed by atoms with Crippen LogP contribution in [0.2, 0.25) is 0 Å². The van der Waals surface area contributed by atoms with Gasteiger partial charge in [0.1, 0.15) is 5.82 Å². The molecule has 5 heteroatoms.